The summed E-state index contributed by atoms with van der Waals surface area (Å²) >= 11 is 1.53. The molecule has 2 amide bonds. The molecule has 5 nitrogen and oxygen atoms in total. The first-order valence-corrected chi connectivity index (χ1v) is 8.29. The molecule has 2 aromatic carbocycles. The Labute approximate surface area is 142 Å². The van der Waals surface area contributed by atoms with E-state index in [1.807, 2.05) is 42.6 Å². The summed E-state index contributed by atoms with van der Waals surface area (Å²) in [6.07, 6.45) is 0. The molecule has 1 heterocycles. The molecular weight excluding hydrogens is 324 g/mol. The second kappa shape index (κ2) is 6.82. The Morgan fingerprint density at radius 1 is 1.08 bits per heavy atom. The van der Waals surface area contributed by atoms with Gasteiger partial charge < -0.3 is 5.32 Å². The summed E-state index contributed by atoms with van der Waals surface area (Å²) < 4.78 is 1.07. The lowest BCUT2D eigenvalue weighted by Gasteiger charge is -2.15. The lowest BCUT2D eigenvalue weighted by atomic mass is 10.0. The van der Waals surface area contributed by atoms with E-state index in [2.05, 4.69) is 5.32 Å². The Morgan fingerprint density at radius 3 is 2.67 bits per heavy atom. The van der Waals surface area contributed by atoms with Crippen molar-refractivity contribution in [1.82, 2.24) is 10.8 Å². The third-order valence-electron chi connectivity index (χ3n) is 3.82. The first kappa shape index (κ1) is 16.2. The van der Waals surface area contributed by atoms with E-state index in [4.69, 9.17) is 5.21 Å². The summed E-state index contributed by atoms with van der Waals surface area (Å²) in [6.45, 7) is 1.85. The van der Waals surface area contributed by atoms with Gasteiger partial charge in [0.25, 0.3) is 11.8 Å². The second-order valence-corrected chi connectivity index (χ2v) is 6.32. The molecule has 0 aliphatic rings. The maximum Gasteiger partial charge on any atom is 0.274 e. The van der Waals surface area contributed by atoms with Crippen LogP contribution in [0.1, 0.15) is 39.2 Å². The Kier molecular flexibility index (Phi) is 4.59. The molecule has 6 heteroatoms. The van der Waals surface area contributed by atoms with E-state index in [0.717, 1.165) is 15.6 Å². The van der Waals surface area contributed by atoms with Gasteiger partial charge in [0, 0.05) is 21.0 Å². The van der Waals surface area contributed by atoms with Crippen LogP contribution in [0.4, 0.5) is 0 Å². The fourth-order valence-corrected chi connectivity index (χ4v) is 3.47. The number of hydroxylamine groups is 1. The smallest absolute Gasteiger partial charge is 0.274 e. The van der Waals surface area contributed by atoms with Gasteiger partial charge in [0.1, 0.15) is 0 Å². The minimum atomic E-state index is -0.584. The largest absolute Gasteiger partial charge is 0.345 e. The van der Waals surface area contributed by atoms with Gasteiger partial charge in [-0.2, -0.15) is 0 Å². The predicted octanol–water partition coefficient (Wildman–Crippen LogP) is 3.51. The molecule has 1 aromatic heterocycles. The lowest BCUT2D eigenvalue weighted by Crippen LogP contribution is -2.27. The number of rotatable bonds is 4. The van der Waals surface area contributed by atoms with Crippen molar-refractivity contribution >= 4 is 33.2 Å². The zero-order valence-corrected chi connectivity index (χ0v) is 13.8. The molecule has 24 heavy (non-hydrogen) atoms. The van der Waals surface area contributed by atoms with Crippen LogP contribution < -0.4 is 10.8 Å². The van der Waals surface area contributed by atoms with Gasteiger partial charge in [0.05, 0.1) is 11.6 Å². The minimum Gasteiger partial charge on any atom is -0.345 e. The number of carbonyl (C=O) groups excluding carboxylic acids is 2. The second-order valence-electron chi connectivity index (χ2n) is 5.41. The van der Waals surface area contributed by atoms with Gasteiger partial charge in [-0.3, -0.25) is 14.8 Å². The van der Waals surface area contributed by atoms with Gasteiger partial charge in [0.15, 0.2) is 0 Å². The maximum absolute atomic E-state index is 12.6. The van der Waals surface area contributed by atoms with Crippen molar-refractivity contribution in [2.75, 3.05) is 0 Å². The van der Waals surface area contributed by atoms with Crippen molar-refractivity contribution in [3.8, 4) is 0 Å². The molecule has 3 N–H and O–H groups in total. The molecule has 0 saturated carbocycles. The van der Waals surface area contributed by atoms with Crippen molar-refractivity contribution in [1.29, 1.82) is 0 Å². The van der Waals surface area contributed by atoms with Gasteiger partial charge >= 0.3 is 0 Å². The summed E-state index contributed by atoms with van der Waals surface area (Å²) in [7, 11) is 0. The van der Waals surface area contributed by atoms with E-state index in [1.165, 1.54) is 11.3 Å². The molecule has 0 radical (unpaired) electrons. The van der Waals surface area contributed by atoms with Gasteiger partial charge in [-0.05, 0) is 30.7 Å². The SMILES string of the molecule is CC(NC(=O)c1csc2ccccc12)c1cccc(C(=O)NO)c1. The molecule has 1 unspecified atom stereocenters. The molecular formula is C18H16N2O3S. The number of carbonyl (C=O) groups is 2. The van der Waals surface area contributed by atoms with Gasteiger partial charge in [-0.25, -0.2) is 5.48 Å². The number of hydrogen-bond donors (Lipinski definition) is 3. The van der Waals surface area contributed by atoms with E-state index < -0.39 is 5.91 Å². The average Bonchev–Trinajstić information content (AvgIpc) is 3.05. The highest BCUT2D eigenvalue weighted by molar-refractivity contribution is 7.17. The van der Waals surface area contributed by atoms with E-state index in [9.17, 15) is 9.59 Å². The van der Waals surface area contributed by atoms with Crippen molar-refractivity contribution in [2.45, 2.75) is 13.0 Å². The van der Waals surface area contributed by atoms with Crippen LogP contribution in [-0.2, 0) is 0 Å². The molecule has 0 aliphatic heterocycles. The van der Waals surface area contributed by atoms with Crippen LogP contribution in [-0.4, -0.2) is 17.0 Å². The van der Waals surface area contributed by atoms with E-state index in [0.29, 0.717) is 11.1 Å². The zero-order chi connectivity index (χ0) is 17.1. The summed E-state index contributed by atoms with van der Waals surface area (Å²) in [4.78, 5) is 24.1. The van der Waals surface area contributed by atoms with Crippen LogP contribution in [0, 0.1) is 0 Å². The van der Waals surface area contributed by atoms with Gasteiger partial charge in [-0.1, -0.05) is 30.3 Å². The topological polar surface area (TPSA) is 78.4 Å². The highest BCUT2D eigenvalue weighted by Crippen LogP contribution is 2.26. The van der Waals surface area contributed by atoms with E-state index in [-0.39, 0.29) is 11.9 Å². The molecule has 3 aromatic rings. The molecule has 0 bridgehead atoms. The van der Waals surface area contributed by atoms with Crippen molar-refractivity contribution in [2.24, 2.45) is 0 Å². The number of fused-ring (bicyclic) bond motifs is 1. The number of nitrogens with one attached hydrogen (secondary N) is 2. The van der Waals surface area contributed by atoms with E-state index >= 15 is 0 Å². The van der Waals surface area contributed by atoms with Crippen molar-refractivity contribution < 1.29 is 14.8 Å². The Hall–Kier alpha value is -2.70. The third-order valence-corrected chi connectivity index (χ3v) is 4.79. The van der Waals surface area contributed by atoms with Crippen LogP contribution in [0.3, 0.4) is 0 Å². The standard InChI is InChI=1S/C18H16N2O3S/c1-11(12-5-4-6-13(9-12)17(21)20-23)19-18(22)15-10-24-16-8-3-2-7-14(15)16/h2-11,23H,1H3,(H,19,22)(H,20,21). The highest BCUT2D eigenvalue weighted by Gasteiger charge is 2.16. The van der Waals surface area contributed by atoms with Gasteiger partial charge in [-0.15, -0.1) is 11.3 Å². The van der Waals surface area contributed by atoms with Gasteiger partial charge in [0.2, 0.25) is 0 Å². The summed E-state index contributed by atoms with van der Waals surface area (Å²) in [6, 6.07) is 14.3. The van der Waals surface area contributed by atoms with Crippen LogP contribution in [0.25, 0.3) is 10.1 Å². The minimum absolute atomic E-state index is 0.156. The summed E-state index contributed by atoms with van der Waals surface area (Å²) in [5.74, 6) is -0.740. The van der Waals surface area contributed by atoms with Crippen LogP contribution in [0.2, 0.25) is 0 Å². The Bertz CT molecular complexity index is 904. The molecule has 1 atom stereocenters. The fourth-order valence-electron chi connectivity index (χ4n) is 2.53. The Balaban J connectivity index is 1.80. The van der Waals surface area contributed by atoms with Crippen molar-refractivity contribution in [3.63, 3.8) is 0 Å². The first-order valence-electron chi connectivity index (χ1n) is 7.41. The lowest BCUT2D eigenvalue weighted by molar-refractivity contribution is 0.0706. The molecule has 3 rings (SSSR count). The predicted molar refractivity (Wildman–Crippen MR) is 93.4 cm³/mol. The number of amides is 2. The zero-order valence-electron chi connectivity index (χ0n) is 12.9. The third kappa shape index (κ3) is 3.15. The Morgan fingerprint density at radius 2 is 1.88 bits per heavy atom. The van der Waals surface area contributed by atoms with E-state index in [1.54, 1.807) is 23.7 Å². The normalized spacial score (nSPS) is 11.9. The maximum atomic E-state index is 12.6. The monoisotopic (exact) mass is 340 g/mol. The molecule has 0 fully saturated rings. The molecule has 0 saturated heterocycles. The quantitative estimate of drug-likeness (QED) is 0.502. The van der Waals surface area contributed by atoms with Crippen LogP contribution in [0.15, 0.2) is 53.9 Å². The summed E-state index contributed by atoms with van der Waals surface area (Å²) in [5.41, 5.74) is 3.36. The highest BCUT2D eigenvalue weighted by atomic mass is 32.1. The summed E-state index contributed by atoms with van der Waals surface area (Å²) in [5, 5.41) is 14.4. The van der Waals surface area contributed by atoms with Crippen LogP contribution >= 0.6 is 11.3 Å². The number of hydrogen-bond acceptors (Lipinski definition) is 4. The van der Waals surface area contributed by atoms with Crippen LogP contribution in [0.5, 0.6) is 0 Å². The number of benzene rings is 2. The molecule has 0 spiro atoms. The molecule has 0 aliphatic carbocycles. The first-order chi connectivity index (χ1) is 11.6. The fraction of sp³-hybridized carbons (Fsp3) is 0.111. The van der Waals surface area contributed by atoms with Crippen molar-refractivity contribution in [3.05, 3.63) is 70.6 Å². The average molecular weight is 340 g/mol. The molecule has 122 valence electrons. The number of thiophene rings is 1.